The first kappa shape index (κ1) is 15.5. The lowest BCUT2D eigenvalue weighted by Crippen LogP contribution is -2.04. The van der Waals surface area contributed by atoms with Crippen molar-refractivity contribution in [1.82, 2.24) is 0 Å². The van der Waals surface area contributed by atoms with Crippen molar-refractivity contribution in [2.45, 2.75) is 18.2 Å². The van der Waals surface area contributed by atoms with E-state index in [-0.39, 0.29) is 4.90 Å². The summed E-state index contributed by atoms with van der Waals surface area (Å²) in [5, 5.41) is 0. The topological polar surface area (TPSA) is 69.4 Å². The van der Waals surface area contributed by atoms with E-state index < -0.39 is 9.84 Å². The molecule has 2 aromatic carbocycles. The van der Waals surface area contributed by atoms with Crippen LogP contribution >= 0.6 is 0 Å². The van der Waals surface area contributed by atoms with Crippen molar-refractivity contribution in [2.75, 3.05) is 12.8 Å². The second-order valence-corrected chi connectivity index (χ2v) is 7.01. The molecule has 0 aliphatic heterocycles. The smallest absolute Gasteiger partial charge is 0.175 e. The van der Waals surface area contributed by atoms with E-state index in [9.17, 15) is 8.42 Å². The summed E-state index contributed by atoms with van der Waals surface area (Å²) in [6.45, 7) is 2.54. The molecule has 0 saturated carbocycles. The van der Waals surface area contributed by atoms with Crippen LogP contribution in [-0.2, 0) is 16.3 Å². The first-order valence-corrected chi connectivity index (χ1v) is 8.57. The van der Waals surface area contributed by atoms with E-state index in [1.807, 2.05) is 25.1 Å². The van der Waals surface area contributed by atoms with Gasteiger partial charge in [-0.3, -0.25) is 0 Å². The molecule has 5 heteroatoms. The first-order valence-electron chi connectivity index (χ1n) is 6.68. The Labute approximate surface area is 125 Å². The van der Waals surface area contributed by atoms with E-state index >= 15 is 0 Å². The van der Waals surface area contributed by atoms with Crippen LogP contribution < -0.4 is 10.5 Å². The van der Waals surface area contributed by atoms with Gasteiger partial charge in [0.05, 0.1) is 4.90 Å². The predicted octanol–water partition coefficient (Wildman–Crippen LogP) is 2.69. The van der Waals surface area contributed by atoms with E-state index in [1.54, 1.807) is 18.2 Å². The average Bonchev–Trinajstić information content (AvgIpc) is 2.42. The number of hydrogen-bond acceptors (Lipinski definition) is 4. The van der Waals surface area contributed by atoms with Gasteiger partial charge in [-0.15, -0.1) is 0 Å². The highest BCUT2D eigenvalue weighted by Crippen LogP contribution is 2.28. The minimum Gasteiger partial charge on any atom is -0.457 e. The van der Waals surface area contributed by atoms with Gasteiger partial charge in [-0.25, -0.2) is 8.42 Å². The van der Waals surface area contributed by atoms with E-state index in [2.05, 4.69) is 0 Å². The Hall–Kier alpha value is -1.85. The van der Waals surface area contributed by atoms with Crippen LogP contribution in [0.1, 0.15) is 11.1 Å². The van der Waals surface area contributed by atoms with Gasteiger partial charge in [-0.05, 0) is 49.7 Å². The van der Waals surface area contributed by atoms with E-state index in [0.29, 0.717) is 24.5 Å². The third-order valence-electron chi connectivity index (χ3n) is 3.09. The summed E-state index contributed by atoms with van der Waals surface area (Å²) >= 11 is 0. The Morgan fingerprint density at radius 1 is 1.14 bits per heavy atom. The molecule has 0 heterocycles. The van der Waals surface area contributed by atoms with Gasteiger partial charge in [0.25, 0.3) is 0 Å². The summed E-state index contributed by atoms with van der Waals surface area (Å²) < 4.78 is 29.0. The summed E-state index contributed by atoms with van der Waals surface area (Å²) in [6, 6.07) is 12.4. The summed E-state index contributed by atoms with van der Waals surface area (Å²) in [5.41, 5.74) is 7.77. The fourth-order valence-electron chi connectivity index (χ4n) is 2.05. The quantitative estimate of drug-likeness (QED) is 0.922. The number of hydrogen-bond donors (Lipinski definition) is 1. The fourth-order valence-corrected chi connectivity index (χ4v) is 2.71. The molecule has 0 fully saturated rings. The molecule has 0 spiro atoms. The van der Waals surface area contributed by atoms with Crippen LogP contribution in [-0.4, -0.2) is 21.2 Å². The van der Waals surface area contributed by atoms with Gasteiger partial charge in [-0.2, -0.15) is 0 Å². The Morgan fingerprint density at radius 2 is 1.90 bits per heavy atom. The molecule has 0 aromatic heterocycles. The van der Waals surface area contributed by atoms with Crippen LogP contribution in [0.15, 0.2) is 47.4 Å². The van der Waals surface area contributed by atoms with Gasteiger partial charge in [0, 0.05) is 6.26 Å². The number of nitrogens with two attached hydrogens (primary N) is 1. The molecule has 21 heavy (non-hydrogen) atoms. The lowest BCUT2D eigenvalue weighted by molar-refractivity contribution is 0.474. The molecular weight excluding hydrogens is 286 g/mol. The minimum absolute atomic E-state index is 0.243. The molecule has 0 saturated heterocycles. The Balaban J connectivity index is 2.34. The molecule has 0 radical (unpaired) electrons. The standard InChI is InChI=1S/C16H19NO3S/c1-12-6-7-16(13(10-12)8-9-17)20-14-4-3-5-15(11-14)21(2,18)19/h3-7,10-11H,8-9,17H2,1-2H3. The SMILES string of the molecule is Cc1ccc(Oc2cccc(S(C)(=O)=O)c2)c(CCN)c1. The van der Waals surface area contributed by atoms with Crippen LogP contribution in [0.4, 0.5) is 0 Å². The molecule has 4 nitrogen and oxygen atoms in total. The molecule has 0 aliphatic rings. The van der Waals surface area contributed by atoms with Crippen LogP contribution in [0, 0.1) is 6.92 Å². The molecule has 0 unspecified atom stereocenters. The number of aryl methyl sites for hydroxylation is 1. The predicted molar refractivity (Wildman–Crippen MR) is 83.6 cm³/mol. The van der Waals surface area contributed by atoms with Crippen LogP contribution in [0.3, 0.4) is 0 Å². The van der Waals surface area contributed by atoms with Crippen LogP contribution in [0.2, 0.25) is 0 Å². The van der Waals surface area contributed by atoms with Gasteiger partial charge in [0.2, 0.25) is 0 Å². The number of rotatable bonds is 5. The third-order valence-corrected chi connectivity index (χ3v) is 4.20. The lowest BCUT2D eigenvalue weighted by atomic mass is 10.1. The van der Waals surface area contributed by atoms with Gasteiger partial charge >= 0.3 is 0 Å². The molecule has 2 N–H and O–H groups in total. The van der Waals surface area contributed by atoms with Gasteiger partial charge in [-0.1, -0.05) is 23.8 Å². The summed E-state index contributed by atoms with van der Waals surface area (Å²) in [4.78, 5) is 0.243. The Morgan fingerprint density at radius 3 is 2.57 bits per heavy atom. The zero-order valence-electron chi connectivity index (χ0n) is 12.2. The van der Waals surface area contributed by atoms with Crippen molar-refractivity contribution in [3.63, 3.8) is 0 Å². The largest absolute Gasteiger partial charge is 0.457 e. The number of ether oxygens (including phenoxy) is 1. The second kappa shape index (κ2) is 6.28. The van der Waals surface area contributed by atoms with Crippen molar-refractivity contribution < 1.29 is 13.2 Å². The molecule has 0 aliphatic carbocycles. The zero-order valence-corrected chi connectivity index (χ0v) is 13.0. The molecule has 2 rings (SSSR count). The lowest BCUT2D eigenvalue weighted by Gasteiger charge is -2.12. The maximum Gasteiger partial charge on any atom is 0.175 e. The highest BCUT2D eigenvalue weighted by atomic mass is 32.2. The first-order chi connectivity index (χ1) is 9.90. The van der Waals surface area contributed by atoms with Crippen LogP contribution in [0.25, 0.3) is 0 Å². The van der Waals surface area contributed by atoms with Gasteiger partial charge < -0.3 is 10.5 Å². The second-order valence-electron chi connectivity index (χ2n) is 5.00. The molecule has 0 bridgehead atoms. The van der Waals surface area contributed by atoms with E-state index in [1.165, 1.54) is 12.3 Å². The van der Waals surface area contributed by atoms with Crippen molar-refractivity contribution in [2.24, 2.45) is 5.73 Å². The van der Waals surface area contributed by atoms with Crippen molar-refractivity contribution in [3.8, 4) is 11.5 Å². The highest BCUT2D eigenvalue weighted by Gasteiger charge is 2.10. The van der Waals surface area contributed by atoms with Crippen LogP contribution in [0.5, 0.6) is 11.5 Å². The maximum absolute atomic E-state index is 11.6. The monoisotopic (exact) mass is 305 g/mol. The molecule has 0 atom stereocenters. The molecular formula is C16H19NO3S. The van der Waals surface area contributed by atoms with Gasteiger partial charge in [0.15, 0.2) is 9.84 Å². The summed E-state index contributed by atoms with van der Waals surface area (Å²) in [5.74, 6) is 1.21. The summed E-state index contributed by atoms with van der Waals surface area (Å²) in [6.07, 6.45) is 1.89. The maximum atomic E-state index is 11.6. The average molecular weight is 305 g/mol. The molecule has 2 aromatic rings. The van der Waals surface area contributed by atoms with Crippen molar-refractivity contribution in [3.05, 3.63) is 53.6 Å². The highest BCUT2D eigenvalue weighted by molar-refractivity contribution is 7.90. The fraction of sp³-hybridized carbons (Fsp3) is 0.250. The van der Waals surface area contributed by atoms with E-state index in [4.69, 9.17) is 10.5 Å². The zero-order chi connectivity index (χ0) is 15.5. The van der Waals surface area contributed by atoms with Crippen molar-refractivity contribution in [1.29, 1.82) is 0 Å². The molecule has 0 amide bonds. The third kappa shape index (κ3) is 4.06. The summed E-state index contributed by atoms with van der Waals surface area (Å²) in [7, 11) is -3.24. The minimum atomic E-state index is -3.24. The number of sulfone groups is 1. The Bertz CT molecular complexity index is 739. The Kier molecular flexibility index (Phi) is 4.65. The number of benzene rings is 2. The van der Waals surface area contributed by atoms with Gasteiger partial charge in [0.1, 0.15) is 11.5 Å². The molecule has 112 valence electrons. The van der Waals surface area contributed by atoms with E-state index in [0.717, 1.165) is 11.1 Å². The van der Waals surface area contributed by atoms with Crippen molar-refractivity contribution >= 4 is 9.84 Å². The normalized spacial score (nSPS) is 11.4.